The molecule has 0 atom stereocenters. The van der Waals surface area contributed by atoms with Gasteiger partial charge in [0.25, 0.3) is 0 Å². The van der Waals surface area contributed by atoms with Crippen LogP contribution in [-0.2, 0) is 11.3 Å². The summed E-state index contributed by atoms with van der Waals surface area (Å²) in [5, 5.41) is 3.75. The third-order valence-corrected chi connectivity index (χ3v) is 4.67. The average Bonchev–Trinajstić information content (AvgIpc) is 2.69. The molecule has 3 aromatic rings. The molecule has 0 spiro atoms. The summed E-state index contributed by atoms with van der Waals surface area (Å²) in [6, 6.07) is 12.5. The Morgan fingerprint density at radius 3 is 2.52 bits per heavy atom. The van der Waals surface area contributed by atoms with E-state index < -0.39 is 5.63 Å². The van der Waals surface area contributed by atoms with Crippen molar-refractivity contribution in [3.05, 3.63) is 64.0 Å². The predicted octanol–water partition coefficient (Wildman–Crippen LogP) is 3.97. The van der Waals surface area contributed by atoms with Gasteiger partial charge in [0.15, 0.2) is 11.5 Å². The summed E-state index contributed by atoms with van der Waals surface area (Å²) in [5.41, 5.74) is 2.62. The quantitative estimate of drug-likeness (QED) is 0.524. The summed E-state index contributed by atoms with van der Waals surface area (Å²) in [6.07, 6.45) is 0. The Kier molecular flexibility index (Phi) is 7.31. The van der Waals surface area contributed by atoms with Crippen LogP contribution in [0.5, 0.6) is 11.5 Å². The number of anilines is 1. The van der Waals surface area contributed by atoms with E-state index in [0.29, 0.717) is 42.5 Å². The molecule has 1 N–H and O–H groups in total. The fraction of sp³-hybridized carbons (Fsp3) is 0.333. The number of likely N-dealkylation sites (N-methyl/N-ethyl adjacent to an activating group) is 1. The zero-order chi connectivity index (χ0) is 22.4. The topological polar surface area (TPSA) is 81.0 Å². The number of nitrogens with one attached hydrogen (secondary N) is 1. The van der Waals surface area contributed by atoms with Crippen molar-refractivity contribution in [1.29, 1.82) is 0 Å². The number of benzene rings is 2. The van der Waals surface area contributed by atoms with Gasteiger partial charge in [0.2, 0.25) is 5.91 Å². The van der Waals surface area contributed by atoms with Crippen LogP contribution in [0.1, 0.15) is 25.0 Å². The fourth-order valence-electron chi connectivity index (χ4n) is 3.39. The van der Waals surface area contributed by atoms with Gasteiger partial charge in [-0.15, -0.1) is 0 Å². The molecule has 3 rings (SSSR count). The SMILES string of the molecule is CCOc1ccc(NC(=O)CN(C)Cc2cc(=O)oc3cc(C)ccc23)cc1OCC. The average molecular weight is 424 g/mol. The lowest BCUT2D eigenvalue weighted by molar-refractivity contribution is -0.117. The number of nitrogens with zero attached hydrogens (tertiary/aromatic N) is 1. The molecule has 31 heavy (non-hydrogen) atoms. The lowest BCUT2D eigenvalue weighted by Gasteiger charge is -2.18. The van der Waals surface area contributed by atoms with E-state index in [1.165, 1.54) is 6.07 Å². The van der Waals surface area contributed by atoms with Crippen LogP contribution in [-0.4, -0.2) is 37.6 Å². The van der Waals surface area contributed by atoms with Gasteiger partial charge in [-0.1, -0.05) is 12.1 Å². The number of rotatable bonds is 9. The molecule has 0 unspecified atom stereocenters. The van der Waals surface area contributed by atoms with Crippen molar-refractivity contribution in [3.63, 3.8) is 0 Å². The minimum Gasteiger partial charge on any atom is -0.490 e. The molecule has 1 heterocycles. The number of fused-ring (bicyclic) bond motifs is 1. The molecular weight excluding hydrogens is 396 g/mol. The zero-order valence-electron chi connectivity index (χ0n) is 18.4. The summed E-state index contributed by atoms with van der Waals surface area (Å²) in [7, 11) is 1.83. The van der Waals surface area contributed by atoms with Gasteiger partial charge in [-0.05, 0) is 57.1 Å². The Balaban J connectivity index is 1.68. The summed E-state index contributed by atoms with van der Waals surface area (Å²) < 4.78 is 16.5. The molecule has 0 saturated carbocycles. The standard InChI is InChI=1S/C24H28N2O5/c1-5-29-20-10-8-18(13-22(20)30-6-2)25-23(27)15-26(4)14-17-12-24(28)31-21-11-16(3)7-9-19(17)21/h7-13H,5-6,14-15H2,1-4H3,(H,25,27). The second-order valence-electron chi connectivity index (χ2n) is 7.34. The van der Waals surface area contributed by atoms with E-state index in [-0.39, 0.29) is 12.5 Å². The molecule has 7 nitrogen and oxygen atoms in total. The first-order chi connectivity index (χ1) is 14.9. The van der Waals surface area contributed by atoms with Crippen molar-refractivity contribution in [2.24, 2.45) is 0 Å². The number of carbonyl (C=O) groups excluding carboxylic acids is 1. The van der Waals surface area contributed by atoms with E-state index in [0.717, 1.165) is 16.5 Å². The molecule has 2 aromatic carbocycles. The third-order valence-electron chi connectivity index (χ3n) is 4.67. The molecule has 1 aromatic heterocycles. The predicted molar refractivity (Wildman–Crippen MR) is 121 cm³/mol. The van der Waals surface area contributed by atoms with Crippen LogP contribution in [0, 0.1) is 6.92 Å². The van der Waals surface area contributed by atoms with Gasteiger partial charge in [0, 0.05) is 29.8 Å². The maximum absolute atomic E-state index is 12.6. The Hall–Kier alpha value is -3.32. The van der Waals surface area contributed by atoms with E-state index in [1.54, 1.807) is 18.2 Å². The van der Waals surface area contributed by atoms with Crippen LogP contribution in [0.3, 0.4) is 0 Å². The van der Waals surface area contributed by atoms with E-state index in [9.17, 15) is 9.59 Å². The maximum Gasteiger partial charge on any atom is 0.336 e. The molecule has 0 aliphatic heterocycles. The minimum absolute atomic E-state index is 0.158. The summed E-state index contributed by atoms with van der Waals surface area (Å²) >= 11 is 0. The fourth-order valence-corrected chi connectivity index (χ4v) is 3.39. The van der Waals surface area contributed by atoms with Crippen LogP contribution < -0.4 is 20.4 Å². The molecule has 0 saturated heterocycles. The maximum atomic E-state index is 12.6. The van der Waals surface area contributed by atoms with Gasteiger partial charge >= 0.3 is 5.63 Å². The number of hydrogen-bond donors (Lipinski definition) is 1. The third kappa shape index (κ3) is 5.86. The second-order valence-corrected chi connectivity index (χ2v) is 7.34. The normalized spacial score (nSPS) is 11.0. The van der Waals surface area contributed by atoms with E-state index >= 15 is 0 Å². The van der Waals surface area contributed by atoms with Gasteiger partial charge in [-0.2, -0.15) is 0 Å². The molecule has 7 heteroatoms. The van der Waals surface area contributed by atoms with Crippen LogP contribution in [0.15, 0.2) is 51.7 Å². The highest BCUT2D eigenvalue weighted by molar-refractivity contribution is 5.92. The van der Waals surface area contributed by atoms with Crippen molar-refractivity contribution < 1.29 is 18.7 Å². The van der Waals surface area contributed by atoms with Crippen LogP contribution in [0.25, 0.3) is 11.0 Å². The first-order valence-corrected chi connectivity index (χ1v) is 10.3. The summed E-state index contributed by atoms with van der Waals surface area (Å²) in [4.78, 5) is 26.3. The van der Waals surface area contributed by atoms with Gasteiger partial charge < -0.3 is 19.2 Å². The Morgan fingerprint density at radius 1 is 1.03 bits per heavy atom. The van der Waals surface area contributed by atoms with Gasteiger partial charge in [-0.3, -0.25) is 9.69 Å². The second kappa shape index (κ2) is 10.1. The lowest BCUT2D eigenvalue weighted by Crippen LogP contribution is -2.30. The van der Waals surface area contributed by atoms with Crippen molar-refractivity contribution in [1.82, 2.24) is 4.90 Å². The van der Waals surface area contributed by atoms with E-state index in [1.807, 2.05) is 50.9 Å². The van der Waals surface area contributed by atoms with Crippen molar-refractivity contribution in [2.45, 2.75) is 27.3 Å². The number of carbonyl (C=O) groups is 1. The van der Waals surface area contributed by atoms with Gasteiger partial charge in [0.05, 0.1) is 19.8 Å². The van der Waals surface area contributed by atoms with Crippen molar-refractivity contribution >= 4 is 22.6 Å². The first-order valence-electron chi connectivity index (χ1n) is 10.3. The number of amides is 1. The van der Waals surface area contributed by atoms with Crippen LogP contribution in [0.4, 0.5) is 5.69 Å². The molecular formula is C24H28N2O5. The first kappa shape index (κ1) is 22.4. The van der Waals surface area contributed by atoms with E-state index in [2.05, 4.69) is 5.32 Å². The molecule has 0 fully saturated rings. The van der Waals surface area contributed by atoms with Gasteiger partial charge in [0.1, 0.15) is 5.58 Å². The van der Waals surface area contributed by atoms with E-state index in [4.69, 9.17) is 13.9 Å². The van der Waals surface area contributed by atoms with Crippen molar-refractivity contribution in [3.8, 4) is 11.5 Å². The van der Waals surface area contributed by atoms with Crippen LogP contribution in [0.2, 0.25) is 0 Å². The molecule has 0 radical (unpaired) electrons. The molecule has 0 bridgehead atoms. The molecule has 0 aliphatic rings. The monoisotopic (exact) mass is 424 g/mol. The minimum atomic E-state index is -0.399. The number of hydrogen-bond acceptors (Lipinski definition) is 6. The molecule has 164 valence electrons. The smallest absolute Gasteiger partial charge is 0.336 e. The lowest BCUT2D eigenvalue weighted by atomic mass is 10.1. The van der Waals surface area contributed by atoms with Gasteiger partial charge in [-0.25, -0.2) is 4.79 Å². The number of aryl methyl sites for hydroxylation is 1. The largest absolute Gasteiger partial charge is 0.490 e. The number of ether oxygens (including phenoxy) is 2. The summed E-state index contributed by atoms with van der Waals surface area (Å²) in [5.74, 6) is 1.06. The van der Waals surface area contributed by atoms with Crippen molar-refractivity contribution in [2.75, 3.05) is 32.1 Å². The Labute approximate surface area is 181 Å². The zero-order valence-corrected chi connectivity index (χ0v) is 18.4. The highest BCUT2D eigenvalue weighted by Gasteiger charge is 2.13. The highest BCUT2D eigenvalue weighted by Crippen LogP contribution is 2.30. The highest BCUT2D eigenvalue weighted by atomic mass is 16.5. The van der Waals surface area contributed by atoms with Crippen LogP contribution >= 0.6 is 0 Å². The Morgan fingerprint density at radius 2 is 1.77 bits per heavy atom. The Bertz CT molecular complexity index is 1120. The summed E-state index contributed by atoms with van der Waals surface area (Å²) in [6.45, 7) is 7.37. The molecule has 1 amide bonds. The molecule has 0 aliphatic carbocycles.